The normalized spacial score (nSPS) is 13.4. The van der Waals surface area contributed by atoms with Crippen LogP contribution in [0.1, 0.15) is 54.4 Å². The highest BCUT2D eigenvalue weighted by Crippen LogP contribution is 2.06. The first kappa shape index (κ1) is 12.9. The second-order valence-electron chi connectivity index (χ2n) is 4.85. The second kappa shape index (κ2) is 4.94. The maximum atomic E-state index is 3.24. The third kappa shape index (κ3) is 6.02. The zero-order valence-corrected chi connectivity index (χ0v) is 9.91. The lowest BCUT2D eigenvalue weighted by molar-refractivity contribution is 0.226. The average molecular weight is 187 g/mol. The molecule has 0 heterocycles. The number of hydrogen-bond acceptors (Lipinski definition) is 3. The molecule has 0 aliphatic carbocycles. The molecular weight excluding hydrogens is 162 g/mol. The smallest absolute Gasteiger partial charge is 0.0278 e. The van der Waals surface area contributed by atoms with Crippen molar-refractivity contribution in [2.75, 3.05) is 0 Å². The van der Waals surface area contributed by atoms with E-state index in [2.05, 4.69) is 57.9 Å². The summed E-state index contributed by atoms with van der Waals surface area (Å²) in [6.07, 6.45) is 2.18. The molecule has 0 saturated heterocycles. The molecule has 0 atom stereocenters. The molecule has 0 aromatic heterocycles. The predicted octanol–water partition coefficient (Wildman–Crippen LogP) is 1.96. The van der Waals surface area contributed by atoms with Crippen LogP contribution >= 0.6 is 0 Å². The van der Waals surface area contributed by atoms with Crippen molar-refractivity contribution in [2.45, 2.75) is 65.5 Å². The third-order valence-corrected chi connectivity index (χ3v) is 2.57. The molecule has 3 N–H and O–H groups in total. The first-order chi connectivity index (χ1) is 5.83. The van der Waals surface area contributed by atoms with E-state index in [1.807, 2.05) is 0 Å². The van der Waals surface area contributed by atoms with Gasteiger partial charge in [-0.1, -0.05) is 13.8 Å². The van der Waals surface area contributed by atoms with E-state index in [0.717, 1.165) is 12.8 Å². The Labute approximate surface area is 82.6 Å². The summed E-state index contributed by atoms with van der Waals surface area (Å²) in [6.45, 7) is 13.0. The third-order valence-electron chi connectivity index (χ3n) is 2.57. The summed E-state index contributed by atoms with van der Waals surface area (Å²) in [5.41, 5.74) is 9.82. The minimum Gasteiger partial charge on any atom is -0.239 e. The molecule has 0 saturated carbocycles. The number of hydrogen-bond donors (Lipinski definition) is 3. The Hall–Kier alpha value is -0.120. The SMILES string of the molecule is CCC(C)(C)NNNC(C)(C)CC. The van der Waals surface area contributed by atoms with Crippen molar-refractivity contribution >= 4 is 0 Å². The molecule has 0 aliphatic rings. The van der Waals surface area contributed by atoms with Gasteiger partial charge in [-0.3, -0.25) is 0 Å². The van der Waals surface area contributed by atoms with Gasteiger partial charge in [0.15, 0.2) is 0 Å². The highest BCUT2D eigenvalue weighted by molar-refractivity contribution is 4.75. The first-order valence-electron chi connectivity index (χ1n) is 5.12. The maximum absolute atomic E-state index is 3.24. The van der Waals surface area contributed by atoms with Crippen LogP contribution in [0.25, 0.3) is 0 Å². The Balaban J connectivity index is 3.68. The second-order valence-corrected chi connectivity index (χ2v) is 4.85. The Morgan fingerprint density at radius 1 is 0.769 bits per heavy atom. The quantitative estimate of drug-likeness (QED) is 0.556. The summed E-state index contributed by atoms with van der Waals surface area (Å²) in [4.78, 5) is 0. The molecule has 3 heteroatoms. The molecule has 0 rings (SSSR count). The van der Waals surface area contributed by atoms with Crippen LogP contribution in [0.2, 0.25) is 0 Å². The van der Waals surface area contributed by atoms with Crippen molar-refractivity contribution in [3.63, 3.8) is 0 Å². The molecule has 13 heavy (non-hydrogen) atoms. The van der Waals surface area contributed by atoms with Crippen LogP contribution in [0.3, 0.4) is 0 Å². The van der Waals surface area contributed by atoms with Gasteiger partial charge in [-0.2, -0.15) is 5.53 Å². The van der Waals surface area contributed by atoms with Crippen molar-refractivity contribution in [3.8, 4) is 0 Å². The topological polar surface area (TPSA) is 36.1 Å². The van der Waals surface area contributed by atoms with Crippen molar-refractivity contribution in [1.82, 2.24) is 16.4 Å². The maximum Gasteiger partial charge on any atom is 0.0278 e. The van der Waals surface area contributed by atoms with Gasteiger partial charge in [0.25, 0.3) is 0 Å². The Kier molecular flexibility index (Phi) is 4.89. The molecule has 0 aromatic carbocycles. The molecule has 0 radical (unpaired) electrons. The van der Waals surface area contributed by atoms with Gasteiger partial charge in [-0.05, 0) is 40.5 Å². The van der Waals surface area contributed by atoms with Gasteiger partial charge in [0.05, 0.1) is 0 Å². The predicted molar refractivity (Wildman–Crippen MR) is 58.1 cm³/mol. The van der Waals surface area contributed by atoms with E-state index in [-0.39, 0.29) is 11.1 Å². The van der Waals surface area contributed by atoms with E-state index in [9.17, 15) is 0 Å². The van der Waals surface area contributed by atoms with Gasteiger partial charge < -0.3 is 0 Å². The number of nitrogens with one attached hydrogen (secondary N) is 3. The van der Waals surface area contributed by atoms with Crippen LogP contribution in [0.15, 0.2) is 0 Å². The van der Waals surface area contributed by atoms with E-state index >= 15 is 0 Å². The van der Waals surface area contributed by atoms with Crippen LogP contribution in [0.4, 0.5) is 0 Å². The lowest BCUT2D eigenvalue weighted by atomic mass is 10.0. The fraction of sp³-hybridized carbons (Fsp3) is 1.00. The Bertz CT molecular complexity index is 125. The van der Waals surface area contributed by atoms with E-state index in [4.69, 9.17) is 0 Å². The van der Waals surface area contributed by atoms with Gasteiger partial charge in [0.1, 0.15) is 0 Å². The van der Waals surface area contributed by atoms with Crippen molar-refractivity contribution < 1.29 is 0 Å². The molecule has 0 unspecified atom stereocenters. The van der Waals surface area contributed by atoms with Gasteiger partial charge >= 0.3 is 0 Å². The molecule has 3 nitrogen and oxygen atoms in total. The van der Waals surface area contributed by atoms with E-state index in [1.54, 1.807) is 0 Å². The van der Waals surface area contributed by atoms with E-state index < -0.39 is 0 Å². The van der Waals surface area contributed by atoms with E-state index in [1.165, 1.54) is 0 Å². The highest BCUT2D eigenvalue weighted by atomic mass is 15.6. The molecule has 0 spiro atoms. The largest absolute Gasteiger partial charge is 0.239 e. The Morgan fingerprint density at radius 3 is 1.31 bits per heavy atom. The Morgan fingerprint density at radius 2 is 1.08 bits per heavy atom. The standard InChI is InChI=1S/C10H25N3/c1-7-9(3,4)11-13-12-10(5,6)8-2/h11-13H,7-8H2,1-6H3. The summed E-state index contributed by atoms with van der Waals surface area (Å²) < 4.78 is 0. The molecule has 0 fully saturated rings. The molecule has 0 amide bonds. The van der Waals surface area contributed by atoms with E-state index in [0.29, 0.717) is 0 Å². The number of rotatable bonds is 6. The average Bonchev–Trinajstić information content (AvgIpc) is 2.04. The zero-order valence-electron chi connectivity index (χ0n) is 9.91. The van der Waals surface area contributed by atoms with Crippen molar-refractivity contribution in [3.05, 3.63) is 0 Å². The fourth-order valence-corrected chi connectivity index (χ4v) is 0.546. The summed E-state index contributed by atoms with van der Waals surface area (Å²) in [5, 5.41) is 0. The molecular formula is C10H25N3. The van der Waals surface area contributed by atoms with Gasteiger partial charge in [0.2, 0.25) is 0 Å². The minimum atomic E-state index is 0.136. The monoisotopic (exact) mass is 187 g/mol. The summed E-state index contributed by atoms with van der Waals surface area (Å²) in [7, 11) is 0. The molecule has 0 aromatic rings. The lowest BCUT2D eigenvalue weighted by Gasteiger charge is -2.30. The number of hydrazine groups is 2. The molecule has 0 bridgehead atoms. The first-order valence-corrected chi connectivity index (χ1v) is 5.12. The highest BCUT2D eigenvalue weighted by Gasteiger charge is 2.16. The van der Waals surface area contributed by atoms with Crippen LogP contribution in [-0.4, -0.2) is 11.1 Å². The van der Waals surface area contributed by atoms with Gasteiger partial charge in [0, 0.05) is 11.1 Å². The molecule has 0 aliphatic heterocycles. The van der Waals surface area contributed by atoms with Crippen molar-refractivity contribution in [2.24, 2.45) is 0 Å². The summed E-state index contributed by atoms with van der Waals surface area (Å²) in [6, 6.07) is 0. The van der Waals surface area contributed by atoms with Crippen LogP contribution in [0, 0.1) is 0 Å². The lowest BCUT2D eigenvalue weighted by Crippen LogP contribution is -2.59. The van der Waals surface area contributed by atoms with Crippen molar-refractivity contribution in [1.29, 1.82) is 0 Å². The van der Waals surface area contributed by atoms with Crippen LogP contribution in [0.5, 0.6) is 0 Å². The van der Waals surface area contributed by atoms with Crippen LogP contribution < -0.4 is 16.4 Å². The minimum absolute atomic E-state index is 0.136. The fourth-order valence-electron chi connectivity index (χ4n) is 0.546. The van der Waals surface area contributed by atoms with Crippen LogP contribution in [-0.2, 0) is 0 Å². The molecule has 80 valence electrons. The van der Waals surface area contributed by atoms with Gasteiger partial charge in [-0.25, -0.2) is 10.9 Å². The zero-order chi connectivity index (χ0) is 10.5. The summed E-state index contributed by atoms with van der Waals surface area (Å²) >= 11 is 0. The van der Waals surface area contributed by atoms with Gasteiger partial charge in [-0.15, -0.1) is 0 Å². The summed E-state index contributed by atoms with van der Waals surface area (Å²) in [5.74, 6) is 0.